The van der Waals surface area contributed by atoms with Crippen molar-refractivity contribution in [1.29, 1.82) is 0 Å². The van der Waals surface area contributed by atoms with E-state index in [0.717, 1.165) is 18.2 Å². The van der Waals surface area contributed by atoms with Gasteiger partial charge in [0, 0.05) is 30.8 Å². The SMILES string of the molecule is O=C(Nc1ccc(Oc2ccc3ncc(N4CCOCC4)nc3c2)cc1F)c1ccc(Cl)c(C(F)(F)F)c1. The van der Waals surface area contributed by atoms with E-state index in [-0.39, 0.29) is 17.0 Å². The van der Waals surface area contributed by atoms with E-state index < -0.39 is 28.5 Å². The molecule has 1 saturated heterocycles. The van der Waals surface area contributed by atoms with Gasteiger partial charge in [-0.3, -0.25) is 9.78 Å². The Balaban J connectivity index is 1.31. The van der Waals surface area contributed by atoms with Crippen molar-refractivity contribution in [2.24, 2.45) is 0 Å². The van der Waals surface area contributed by atoms with E-state index >= 15 is 0 Å². The summed E-state index contributed by atoms with van der Waals surface area (Å²) < 4.78 is 65.2. The van der Waals surface area contributed by atoms with Crippen LogP contribution in [0.5, 0.6) is 11.5 Å². The number of fused-ring (bicyclic) bond motifs is 1. The van der Waals surface area contributed by atoms with Gasteiger partial charge in [-0.2, -0.15) is 13.2 Å². The standard InChI is InChI=1S/C26H19ClF4N4O3/c27-19-4-1-15(11-18(19)26(29,30)31)25(36)34-21-5-2-16(12-20(21)28)38-17-3-6-22-23(13-17)33-24(14-32-22)35-7-9-37-10-8-35/h1-6,11-14H,7-10H2,(H,34,36). The first-order valence-electron chi connectivity index (χ1n) is 11.4. The molecule has 0 atom stereocenters. The summed E-state index contributed by atoms with van der Waals surface area (Å²) in [6, 6.07) is 11.5. The number of hydrogen-bond donors (Lipinski definition) is 1. The molecule has 1 aliphatic heterocycles. The third kappa shape index (κ3) is 5.63. The van der Waals surface area contributed by atoms with Crippen LogP contribution in [0, 0.1) is 5.82 Å². The first kappa shape index (κ1) is 25.7. The number of rotatable bonds is 5. The van der Waals surface area contributed by atoms with Gasteiger partial charge in [0.05, 0.1) is 46.7 Å². The van der Waals surface area contributed by atoms with E-state index in [2.05, 4.69) is 20.2 Å². The van der Waals surface area contributed by atoms with Crippen molar-refractivity contribution in [1.82, 2.24) is 9.97 Å². The molecule has 4 aromatic rings. The third-order valence-corrected chi connectivity index (χ3v) is 6.12. The highest BCUT2D eigenvalue weighted by Gasteiger charge is 2.34. The molecule has 1 N–H and O–H groups in total. The van der Waals surface area contributed by atoms with Crippen LogP contribution in [-0.2, 0) is 10.9 Å². The predicted molar refractivity (Wildman–Crippen MR) is 133 cm³/mol. The van der Waals surface area contributed by atoms with Crippen LogP contribution in [0.4, 0.5) is 29.1 Å². The second kappa shape index (κ2) is 10.4. The number of ether oxygens (including phenoxy) is 2. The van der Waals surface area contributed by atoms with Crippen molar-refractivity contribution in [2.75, 3.05) is 36.5 Å². The fraction of sp³-hybridized carbons (Fsp3) is 0.192. The van der Waals surface area contributed by atoms with Crippen molar-refractivity contribution in [2.45, 2.75) is 6.18 Å². The van der Waals surface area contributed by atoms with Crippen LogP contribution in [0.15, 0.2) is 60.8 Å². The van der Waals surface area contributed by atoms with Crippen LogP contribution in [0.25, 0.3) is 11.0 Å². The van der Waals surface area contributed by atoms with Gasteiger partial charge < -0.3 is 19.7 Å². The van der Waals surface area contributed by atoms with Crippen LogP contribution in [0.2, 0.25) is 5.02 Å². The maximum absolute atomic E-state index is 14.7. The second-order valence-corrected chi connectivity index (χ2v) is 8.78. The number of hydrogen-bond acceptors (Lipinski definition) is 6. The predicted octanol–water partition coefficient (Wildman–Crippen LogP) is 6.32. The Kier molecular flexibility index (Phi) is 7.04. The number of morpholine rings is 1. The topological polar surface area (TPSA) is 76.6 Å². The van der Waals surface area contributed by atoms with Gasteiger partial charge in [-0.25, -0.2) is 9.37 Å². The molecule has 5 rings (SSSR count). The van der Waals surface area contributed by atoms with Crippen molar-refractivity contribution in [3.8, 4) is 11.5 Å². The normalized spacial score (nSPS) is 14.0. The summed E-state index contributed by atoms with van der Waals surface area (Å²) in [7, 11) is 0. The Morgan fingerprint density at radius 3 is 2.47 bits per heavy atom. The van der Waals surface area contributed by atoms with E-state index in [1.54, 1.807) is 24.4 Å². The van der Waals surface area contributed by atoms with Gasteiger partial charge in [-0.05, 0) is 42.5 Å². The number of halogens is 5. The van der Waals surface area contributed by atoms with Crippen LogP contribution in [-0.4, -0.2) is 42.2 Å². The van der Waals surface area contributed by atoms with Gasteiger partial charge in [-0.15, -0.1) is 0 Å². The molecule has 38 heavy (non-hydrogen) atoms. The lowest BCUT2D eigenvalue weighted by Gasteiger charge is -2.27. The van der Waals surface area contributed by atoms with E-state index in [4.69, 9.17) is 21.1 Å². The van der Waals surface area contributed by atoms with Crippen molar-refractivity contribution >= 4 is 40.0 Å². The molecule has 1 aromatic heterocycles. The maximum atomic E-state index is 14.7. The molecule has 2 heterocycles. The second-order valence-electron chi connectivity index (χ2n) is 8.37. The maximum Gasteiger partial charge on any atom is 0.417 e. The Labute approximate surface area is 219 Å². The lowest BCUT2D eigenvalue weighted by atomic mass is 10.1. The van der Waals surface area contributed by atoms with Crippen LogP contribution >= 0.6 is 11.6 Å². The average Bonchev–Trinajstić information content (AvgIpc) is 2.90. The number of nitrogens with zero attached hydrogens (tertiary/aromatic N) is 3. The van der Waals surface area contributed by atoms with Crippen molar-refractivity contribution < 1.29 is 31.8 Å². The molecule has 0 radical (unpaired) electrons. The molecule has 1 fully saturated rings. The molecule has 0 bridgehead atoms. The van der Waals surface area contributed by atoms with Crippen LogP contribution in [0.1, 0.15) is 15.9 Å². The minimum atomic E-state index is -4.74. The molecule has 7 nitrogen and oxygen atoms in total. The van der Waals surface area contributed by atoms with Crippen molar-refractivity contribution in [3.63, 3.8) is 0 Å². The smallest absolute Gasteiger partial charge is 0.417 e. The molecule has 12 heteroatoms. The Morgan fingerprint density at radius 1 is 1.00 bits per heavy atom. The summed E-state index contributed by atoms with van der Waals surface area (Å²) in [5.74, 6) is -0.516. The largest absolute Gasteiger partial charge is 0.457 e. The Hall–Kier alpha value is -3.96. The fourth-order valence-electron chi connectivity index (χ4n) is 3.86. The molecule has 0 aliphatic carbocycles. The first-order chi connectivity index (χ1) is 18.2. The summed E-state index contributed by atoms with van der Waals surface area (Å²) in [5.41, 5.74) is -0.458. The molecular formula is C26H19ClF4N4O3. The minimum Gasteiger partial charge on any atom is -0.457 e. The number of carbonyl (C=O) groups is 1. The van der Waals surface area contributed by atoms with Crippen LogP contribution < -0.4 is 15.0 Å². The van der Waals surface area contributed by atoms with Gasteiger partial charge in [0.1, 0.15) is 23.1 Å². The molecule has 1 amide bonds. The highest BCUT2D eigenvalue weighted by Crippen LogP contribution is 2.35. The van der Waals surface area contributed by atoms with Gasteiger partial charge in [-0.1, -0.05) is 11.6 Å². The monoisotopic (exact) mass is 546 g/mol. The number of carbonyl (C=O) groups excluding carboxylic acids is 1. The Morgan fingerprint density at radius 2 is 1.74 bits per heavy atom. The number of anilines is 2. The molecule has 3 aromatic carbocycles. The lowest BCUT2D eigenvalue weighted by molar-refractivity contribution is -0.137. The molecule has 196 valence electrons. The van der Waals surface area contributed by atoms with Gasteiger partial charge >= 0.3 is 6.18 Å². The molecule has 0 saturated carbocycles. The summed E-state index contributed by atoms with van der Waals surface area (Å²) in [4.78, 5) is 23.6. The number of benzene rings is 3. The van der Waals surface area contributed by atoms with Gasteiger partial charge in [0.2, 0.25) is 0 Å². The summed E-state index contributed by atoms with van der Waals surface area (Å²) >= 11 is 5.59. The number of amides is 1. The van der Waals surface area contributed by atoms with Gasteiger partial charge in [0.25, 0.3) is 5.91 Å². The molecule has 0 spiro atoms. The average molecular weight is 547 g/mol. The zero-order valence-corrected chi connectivity index (χ0v) is 20.3. The Bertz CT molecular complexity index is 1510. The molecule has 1 aliphatic rings. The summed E-state index contributed by atoms with van der Waals surface area (Å²) in [6.07, 6.45) is -3.04. The number of alkyl halides is 3. The highest BCUT2D eigenvalue weighted by molar-refractivity contribution is 6.31. The third-order valence-electron chi connectivity index (χ3n) is 5.79. The molecule has 0 unspecified atom stereocenters. The first-order valence-corrected chi connectivity index (χ1v) is 11.8. The molecular weight excluding hydrogens is 528 g/mol. The van der Waals surface area contributed by atoms with E-state index in [0.29, 0.717) is 55.0 Å². The number of nitrogens with one attached hydrogen (secondary N) is 1. The van der Waals surface area contributed by atoms with Crippen molar-refractivity contribution in [3.05, 3.63) is 82.8 Å². The van der Waals surface area contributed by atoms with Gasteiger partial charge in [0.15, 0.2) is 0 Å². The zero-order chi connectivity index (χ0) is 26.9. The highest BCUT2D eigenvalue weighted by atomic mass is 35.5. The number of aromatic nitrogens is 2. The minimum absolute atomic E-state index is 0.142. The van der Waals surface area contributed by atoms with E-state index in [1.807, 2.05) is 0 Å². The van der Waals surface area contributed by atoms with E-state index in [1.165, 1.54) is 12.1 Å². The van der Waals surface area contributed by atoms with Crippen LogP contribution in [0.3, 0.4) is 0 Å². The van der Waals surface area contributed by atoms with E-state index in [9.17, 15) is 22.4 Å². The lowest BCUT2D eigenvalue weighted by Crippen LogP contribution is -2.36. The summed E-state index contributed by atoms with van der Waals surface area (Å²) in [5, 5.41) is 1.72. The summed E-state index contributed by atoms with van der Waals surface area (Å²) in [6.45, 7) is 2.64. The fourth-order valence-corrected chi connectivity index (χ4v) is 4.09. The quantitative estimate of drug-likeness (QED) is 0.295. The zero-order valence-electron chi connectivity index (χ0n) is 19.6.